The van der Waals surface area contributed by atoms with Crippen molar-refractivity contribution in [2.24, 2.45) is 4.99 Å². The molecule has 0 radical (unpaired) electrons. The molecule has 0 bridgehead atoms. The molecule has 18 heavy (non-hydrogen) atoms. The highest BCUT2D eigenvalue weighted by Gasteiger charge is 2.43. The van der Waals surface area contributed by atoms with Gasteiger partial charge in [0.05, 0.1) is 4.90 Å². The predicted octanol–water partition coefficient (Wildman–Crippen LogP) is 3.99. The van der Waals surface area contributed by atoms with Crippen molar-refractivity contribution in [3.63, 3.8) is 0 Å². The largest absolute Gasteiger partial charge is 0.238 e. The minimum Gasteiger partial charge on any atom is -0.238 e. The molecule has 3 nitrogen and oxygen atoms in total. The summed E-state index contributed by atoms with van der Waals surface area (Å²) in [6.45, 7) is 0. The van der Waals surface area contributed by atoms with Gasteiger partial charge in [0.15, 0.2) is 4.63 Å². The van der Waals surface area contributed by atoms with Crippen LogP contribution in [0.1, 0.15) is 0 Å². The van der Waals surface area contributed by atoms with Crippen LogP contribution in [0.3, 0.4) is 0 Å². The van der Waals surface area contributed by atoms with Crippen LogP contribution < -0.4 is 0 Å². The van der Waals surface area contributed by atoms with E-state index in [1.165, 1.54) is 24.3 Å². The first-order chi connectivity index (χ1) is 8.15. The van der Waals surface area contributed by atoms with Crippen molar-refractivity contribution in [2.75, 3.05) is 0 Å². The second kappa shape index (κ2) is 6.16. The maximum absolute atomic E-state index is 12.2. The first-order valence-electron chi connectivity index (χ1n) is 4.40. The van der Waals surface area contributed by atoms with Crippen molar-refractivity contribution in [3.05, 3.63) is 30.3 Å². The summed E-state index contributed by atoms with van der Waals surface area (Å²) in [6, 6.07) is 7.44. The minimum absolute atomic E-state index is 0.0420. The molecule has 0 aliphatic rings. The normalized spacial score (nSPS) is 14.1. The summed E-state index contributed by atoms with van der Waals surface area (Å²) in [5, 5.41) is -1.72. The molecular weight excluding hydrogens is 363 g/mol. The van der Waals surface area contributed by atoms with Gasteiger partial charge >= 0.3 is 0 Å². The van der Waals surface area contributed by atoms with Gasteiger partial charge in [-0.3, -0.25) is 0 Å². The monoisotopic (exact) mass is 367 g/mol. The van der Waals surface area contributed by atoms with E-state index in [0.717, 1.165) is 0 Å². The summed E-state index contributed by atoms with van der Waals surface area (Å²) in [5.74, 6) is 0. The van der Waals surface area contributed by atoms with E-state index in [1.807, 2.05) is 0 Å². The Balaban J connectivity index is 3.35. The second-order valence-electron chi connectivity index (χ2n) is 3.12. The van der Waals surface area contributed by atoms with Crippen molar-refractivity contribution >= 4 is 72.5 Å². The zero-order chi connectivity index (χ0) is 14.0. The lowest BCUT2D eigenvalue weighted by Gasteiger charge is -2.20. The average Bonchev–Trinajstić information content (AvgIpc) is 2.25. The van der Waals surface area contributed by atoms with E-state index in [4.69, 9.17) is 58.0 Å². The van der Waals surface area contributed by atoms with Gasteiger partial charge in [-0.2, -0.15) is 0 Å². The SMILES string of the molecule is O=S(=O)(c1ccccc1)[C@H](N=C(Cl)Cl)C(Cl)(Cl)Cl. The van der Waals surface area contributed by atoms with E-state index in [-0.39, 0.29) is 4.90 Å². The number of halogens is 5. The molecule has 0 spiro atoms. The summed E-state index contributed by atoms with van der Waals surface area (Å²) in [5.41, 5.74) is 0. The third-order valence-electron chi connectivity index (χ3n) is 1.86. The van der Waals surface area contributed by atoms with E-state index >= 15 is 0 Å². The fourth-order valence-electron chi connectivity index (χ4n) is 1.15. The van der Waals surface area contributed by atoms with E-state index in [9.17, 15) is 8.42 Å². The van der Waals surface area contributed by atoms with Gasteiger partial charge in [-0.05, 0) is 35.3 Å². The number of hydrogen-bond acceptors (Lipinski definition) is 3. The van der Waals surface area contributed by atoms with Gasteiger partial charge in [0.2, 0.25) is 19.0 Å². The van der Waals surface area contributed by atoms with Crippen LogP contribution in [0.4, 0.5) is 0 Å². The van der Waals surface area contributed by atoms with Crippen LogP contribution in [0.15, 0.2) is 40.2 Å². The van der Waals surface area contributed by atoms with Crippen molar-refractivity contribution in [1.82, 2.24) is 0 Å². The quantitative estimate of drug-likeness (QED) is 0.597. The van der Waals surface area contributed by atoms with Gasteiger partial charge in [-0.1, -0.05) is 53.0 Å². The third kappa shape index (κ3) is 4.15. The molecule has 0 aromatic heterocycles. The Kier molecular flexibility index (Phi) is 5.59. The van der Waals surface area contributed by atoms with Crippen LogP contribution in [0, 0.1) is 0 Å². The fourth-order valence-corrected chi connectivity index (χ4v) is 4.05. The molecule has 1 aromatic carbocycles. The Morgan fingerprint density at radius 2 is 1.61 bits per heavy atom. The predicted molar refractivity (Wildman–Crippen MR) is 76.8 cm³/mol. The minimum atomic E-state index is -4.01. The van der Waals surface area contributed by atoms with Crippen LogP contribution in [0.2, 0.25) is 0 Å². The standard InChI is InChI=1S/C9H6Cl5NO2S/c10-8(11)15-7(9(12,13)14)18(16,17)6-4-2-1-3-5-6/h1-5,7H/t7-/m0/s1. The van der Waals surface area contributed by atoms with Gasteiger partial charge in [-0.15, -0.1) is 0 Å². The van der Waals surface area contributed by atoms with Crippen molar-refractivity contribution in [2.45, 2.75) is 14.1 Å². The number of aliphatic imine (C=N–C) groups is 1. The molecule has 0 aliphatic carbocycles. The van der Waals surface area contributed by atoms with Gasteiger partial charge in [0, 0.05) is 0 Å². The molecule has 100 valence electrons. The van der Waals surface area contributed by atoms with Crippen LogP contribution >= 0.6 is 58.0 Å². The van der Waals surface area contributed by atoms with Gasteiger partial charge in [0.1, 0.15) is 0 Å². The fraction of sp³-hybridized carbons (Fsp3) is 0.222. The Bertz CT molecular complexity index is 534. The summed E-state index contributed by atoms with van der Waals surface area (Å²) >= 11 is 27.5. The molecular formula is C9H6Cl5NO2S. The Labute approximate surface area is 130 Å². The lowest BCUT2D eigenvalue weighted by molar-refractivity contribution is 0.582. The molecule has 0 aliphatic heterocycles. The molecule has 0 saturated carbocycles. The molecule has 0 unspecified atom stereocenters. The number of sulfone groups is 1. The third-order valence-corrected chi connectivity index (χ3v) is 5.04. The summed E-state index contributed by atoms with van der Waals surface area (Å²) in [4.78, 5) is 3.42. The molecule has 0 N–H and O–H groups in total. The maximum atomic E-state index is 12.2. The number of benzene rings is 1. The number of nitrogens with zero attached hydrogens (tertiary/aromatic N) is 1. The van der Waals surface area contributed by atoms with E-state index in [2.05, 4.69) is 4.99 Å². The maximum Gasteiger partial charge on any atom is 0.227 e. The van der Waals surface area contributed by atoms with Crippen LogP contribution in [0.5, 0.6) is 0 Å². The molecule has 0 heterocycles. The topological polar surface area (TPSA) is 46.5 Å². The highest BCUT2D eigenvalue weighted by molar-refractivity contribution is 7.92. The summed E-state index contributed by atoms with van der Waals surface area (Å²) in [7, 11) is -4.01. The first kappa shape index (κ1) is 16.3. The molecule has 0 fully saturated rings. The zero-order valence-corrected chi connectivity index (χ0v) is 13.1. The van der Waals surface area contributed by atoms with Crippen LogP contribution in [-0.4, -0.2) is 22.2 Å². The summed E-state index contributed by atoms with van der Waals surface area (Å²) < 4.78 is 21.7. The van der Waals surface area contributed by atoms with Crippen LogP contribution in [0.25, 0.3) is 0 Å². The van der Waals surface area contributed by atoms with Gasteiger partial charge < -0.3 is 0 Å². The smallest absolute Gasteiger partial charge is 0.227 e. The first-order valence-corrected chi connectivity index (χ1v) is 7.84. The van der Waals surface area contributed by atoms with Gasteiger partial charge in [-0.25, -0.2) is 13.4 Å². The van der Waals surface area contributed by atoms with E-state index in [0.29, 0.717) is 0 Å². The van der Waals surface area contributed by atoms with Crippen molar-refractivity contribution < 1.29 is 8.42 Å². The van der Waals surface area contributed by atoms with E-state index < -0.39 is 23.6 Å². The number of alkyl halides is 3. The van der Waals surface area contributed by atoms with Gasteiger partial charge in [0.25, 0.3) is 0 Å². The zero-order valence-electron chi connectivity index (χ0n) is 8.53. The highest BCUT2D eigenvalue weighted by atomic mass is 35.6. The molecule has 0 amide bonds. The average molecular weight is 369 g/mol. The van der Waals surface area contributed by atoms with Crippen molar-refractivity contribution in [3.8, 4) is 0 Å². The number of rotatable bonds is 3. The van der Waals surface area contributed by atoms with E-state index in [1.54, 1.807) is 6.07 Å². The van der Waals surface area contributed by atoms with Crippen LogP contribution in [-0.2, 0) is 9.84 Å². The molecule has 9 heteroatoms. The molecule has 1 aromatic rings. The molecule has 1 rings (SSSR count). The number of hydrogen-bond donors (Lipinski definition) is 0. The van der Waals surface area contributed by atoms with Crippen molar-refractivity contribution in [1.29, 1.82) is 0 Å². The lowest BCUT2D eigenvalue weighted by atomic mass is 10.4. The summed E-state index contributed by atoms with van der Waals surface area (Å²) in [6.07, 6.45) is 0. The Hall–Kier alpha value is 0.290. The molecule has 1 atom stereocenters. The Morgan fingerprint density at radius 1 is 1.11 bits per heavy atom. The molecule has 0 saturated heterocycles. The lowest BCUT2D eigenvalue weighted by Crippen LogP contribution is -2.33. The highest BCUT2D eigenvalue weighted by Crippen LogP contribution is 2.38. The Morgan fingerprint density at radius 3 is 2.00 bits per heavy atom. The second-order valence-corrected chi connectivity index (χ2v) is 8.41.